The first-order valence-corrected chi connectivity index (χ1v) is 6.11. The smallest absolute Gasteiger partial charge is 0.224 e. The molecule has 0 aliphatic heterocycles. The van der Waals surface area contributed by atoms with Gasteiger partial charge in [0.15, 0.2) is 0 Å². The number of nitrogens with two attached hydrogens (primary N) is 1. The first-order chi connectivity index (χ1) is 7.13. The maximum atomic E-state index is 11.6. The van der Waals surface area contributed by atoms with Crippen LogP contribution in [-0.4, -0.2) is 19.0 Å². The molecule has 1 aliphatic carbocycles. The fraction of sp³-hybridized carbons (Fsp3) is 0.917. The van der Waals surface area contributed by atoms with Crippen molar-refractivity contribution in [3.8, 4) is 0 Å². The minimum absolute atomic E-state index is 0. The highest BCUT2D eigenvalue weighted by atomic mass is 35.5. The minimum atomic E-state index is -0.0553. The van der Waals surface area contributed by atoms with E-state index in [9.17, 15) is 4.79 Å². The molecule has 0 aromatic carbocycles. The number of hydrogen-bond donors (Lipinski definition) is 2. The zero-order chi connectivity index (χ0) is 11.3. The fourth-order valence-corrected chi connectivity index (χ4v) is 2.34. The van der Waals surface area contributed by atoms with E-state index < -0.39 is 0 Å². The Kier molecular flexibility index (Phi) is 7.00. The van der Waals surface area contributed by atoms with Gasteiger partial charge in [-0.15, -0.1) is 12.4 Å². The molecule has 1 unspecified atom stereocenters. The molecule has 4 heteroatoms. The van der Waals surface area contributed by atoms with Crippen LogP contribution in [0.3, 0.4) is 0 Å². The van der Waals surface area contributed by atoms with E-state index in [1.54, 1.807) is 0 Å². The molecule has 1 saturated carbocycles. The zero-order valence-corrected chi connectivity index (χ0v) is 11.2. The Labute approximate surface area is 105 Å². The molecule has 1 amide bonds. The predicted octanol–water partition coefficient (Wildman–Crippen LogP) is 2.09. The molecule has 3 nitrogen and oxygen atoms in total. The fourth-order valence-electron chi connectivity index (χ4n) is 2.34. The van der Waals surface area contributed by atoms with Crippen LogP contribution >= 0.6 is 12.4 Å². The number of rotatable bonds is 5. The van der Waals surface area contributed by atoms with Crippen LogP contribution in [0, 0.1) is 11.3 Å². The van der Waals surface area contributed by atoms with Crippen LogP contribution in [0.25, 0.3) is 0 Å². The van der Waals surface area contributed by atoms with Crippen LogP contribution in [0.4, 0.5) is 0 Å². The molecular formula is C12H25ClN2O. The average molecular weight is 249 g/mol. The first kappa shape index (κ1) is 15.7. The Morgan fingerprint density at radius 3 is 2.44 bits per heavy atom. The minimum Gasteiger partial charge on any atom is -0.355 e. The van der Waals surface area contributed by atoms with Gasteiger partial charge in [-0.1, -0.05) is 26.7 Å². The molecule has 0 spiro atoms. The van der Waals surface area contributed by atoms with Gasteiger partial charge in [-0.05, 0) is 24.7 Å². The van der Waals surface area contributed by atoms with Crippen molar-refractivity contribution in [1.82, 2.24) is 5.32 Å². The van der Waals surface area contributed by atoms with Gasteiger partial charge in [0, 0.05) is 19.0 Å². The molecule has 0 bridgehead atoms. The predicted molar refractivity (Wildman–Crippen MR) is 69.7 cm³/mol. The topological polar surface area (TPSA) is 55.1 Å². The standard InChI is InChI=1S/C12H24N2O.ClH/c1-3-12(6-4-5-7-12)9-14-11(15)10(2)8-13;/h10H,3-9,13H2,1-2H3,(H,14,15);1H. The second kappa shape index (κ2) is 7.13. The summed E-state index contributed by atoms with van der Waals surface area (Å²) >= 11 is 0. The Morgan fingerprint density at radius 2 is 2.00 bits per heavy atom. The van der Waals surface area contributed by atoms with Gasteiger partial charge in [0.25, 0.3) is 0 Å². The van der Waals surface area contributed by atoms with Crippen LogP contribution in [-0.2, 0) is 4.79 Å². The molecule has 0 saturated heterocycles. The zero-order valence-electron chi connectivity index (χ0n) is 10.4. The summed E-state index contributed by atoms with van der Waals surface area (Å²) in [6, 6.07) is 0. The quantitative estimate of drug-likeness (QED) is 0.783. The molecule has 0 aromatic heterocycles. The summed E-state index contributed by atoms with van der Waals surface area (Å²) in [5.41, 5.74) is 5.84. The molecule has 1 atom stereocenters. The number of hydrogen-bond acceptors (Lipinski definition) is 2. The Morgan fingerprint density at radius 1 is 1.44 bits per heavy atom. The van der Waals surface area contributed by atoms with E-state index in [4.69, 9.17) is 5.73 Å². The van der Waals surface area contributed by atoms with E-state index in [-0.39, 0.29) is 24.2 Å². The van der Waals surface area contributed by atoms with Crippen LogP contribution in [0.1, 0.15) is 46.0 Å². The van der Waals surface area contributed by atoms with Gasteiger partial charge >= 0.3 is 0 Å². The average Bonchev–Trinajstić information content (AvgIpc) is 2.74. The van der Waals surface area contributed by atoms with Crippen molar-refractivity contribution in [2.75, 3.05) is 13.1 Å². The van der Waals surface area contributed by atoms with Crippen molar-refractivity contribution < 1.29 is 4.79 Å². The maximum Gasteiger partial charge on any atom is 0.224 e. The summed E-state index contributed by atoms with van der Waals surface area (Å²) in [4.78, 5) is 11.6. The van der Waals surface area contributed by atoms with Crippen molar-refractivity contribution in [2.45, 2.75) is 46.0 Å². The lowest BCUT2D eigenvalue weighted by Crippen LogP contribution is -2.40. The van der Waals surface area contributed by atoms with Crippen LogP contribution in [0.5, 0.6) is 0 Å². The van der Waals surface area contributed by atoms with Crippen LogP contribution in [0.15, 0.2) is 0 Å². The first-order valence-electron chi connectivity index (χ1n) is 6.11. The molecule has 96 valence electrons. The lowest BCUT2D eigenvalue weighted by Gasteiger charge is -2.28. The van der Waals surface area contributed by atoms with Gasteiger partial charge in [0.05, 0.1) is 0 Å². The van der Waals surface area contributed by atoms with Gasteiger partial charge < -0.3 is 11.1 Å². The van der Waals surface area contributed by atoms with Gasteiger partial charge in [-0.2, -0.15) is 0 Å². The van der Waals surface area contributed by atoms with E-state index in [2.05, 4.69) is 12.2 Å². The third kappa shape index (κ3) is 3.95. The van der Waals surface area contributed by atoms with E-state index in [0.29, 0.717) is 12.0 Å². The number of carbonyl (C=O) groups excluding carboxylic acids is 1. The molecule has 16 heavy (non-hydrogen) atoms. The maximum absolute atomic E-state index is 11.6. The third-order valence-electron chi connectivity index (χ3n) is 3.85. The summed E-state index contributed by atoms with van der Waals surface area (Å²) in [6.45, 7) is 5.38. The Bertz CT molecular complexity index is 215. The second-order valence-corrected chi connectivity index (χ2v) is 4.92. The van der Waals surface area contributed by atoms with Gasteiger partial charge in [0.1, 0.15) is 0 Å². The van der Waals surface area contributed by atoms with E-state index in [0.717, 1.165) is 6.54 Å². The highest BCUT2D eigenvalue weighted by Crippen LogP contribution is 2.40. The van der Waals surface area contributed by atoms with Crippen molar-refractivity contribution in [3.05, 3.63) is 0 Å². The lowest BCUT2D eigenvalue weighted by atomic mass is 9.83. The van der Waals surface area contributed by atoms with E-state index in [1.807, 2.05) is 6.92 Å². The molecular weight excluding hydrogens is 224 g/mol. The molecule has 3 N–H and O–H groups in total. The normalized spacial score (nSPS) is 19.9. The lowest BCUT2D eigenvalue weighted by molar-refractivity contribution is -0.124. The van der Waals surface area contributed by atoms with Gasteiger partial charge in [0.2, 0.25) is 5.91 Å². The SMILES string of the molecule is CCC1(CNC(=O)C(C)CN)CCCC1.Cl. The van der Waals surface area contributed by atoms with Crippen molar-refractivity contribution in [1.29, 1.82) is 0 Å². The largest absolute Gasteiger partial charge is 0.355 e. The summed E-state index contributed by atoms with van der Waals surface area (Å²) in [5, 5.41) is 3.05. The van der Waals surface area contributed by atoms with E-state index in [1.165, 1.54) is 32.1 Å². The number of amides is 1. The third-order valence-corrected chi connectivity index (χ3v) is 3.85. The van der Waals surface area contributed by atoms with Gasteiger partial charge in [-0.3, -0.25) is 4.79 Å². The highest BCUT2D eigenvalue weighted by Gasteiger charge is 2.32. The van der Waals surface area contributed by atoms with Gasteiger partial charge in [-0.25, -0.2) is 0 Å². The number of carbonyl (C=O) groups is 1. The Hall–Kier alpha value is -0.280. The van der Waals surface area contributed by atoms with Crippen LogP contribution < -0.4 is 11.1 Å². The monoisotopic (exact) mass is 248 g/mol. The van der Waals surface area contributed by atoms with Crippen LogP contribution in [0.2, 0.25) is 0 Å². The second-order valence-electron chi connectivity index (χ2n) is 4.92. The van der Waals surface area contributed by atoms with Crippen molar-refractivity contribution in [3.63, 3.8) is 0 Å². The summed E-state index contributed by atoms with van der Waals surface area (Å²) in [7, 11) is 0. The molecule has 1 fully saturated rings. The summed E-state index contributed by atoms with van der Waals surface area (Å²) in [5.74, 6) is 0.0533. The molecule has 0 heterocycles. The van der Waals surface area contributed by atoms with Crippen molar-refractivity contribution >= 4 is 18.3 Å². The summed E-state index contributed by atoms with van der Waals surface area (Å²) in [6.07, 6.45) is 6.33. The Balaban J connectivity index is 0.00000225. The van der Waals surface area contributed by atoms with Crippen molar-refractivity contribution in [2.24, 2.45) is 17.1 Å². The molecule has 0 aromatic rings. The summed E-state index contributed by atoms with van der Waals surface area (Å²) < 4.78 is 0. The molecule has 1 rings (SSSR count). The highest BCUT2D eigenvalue weighted by molar-refractivity contribution is 5.85. The number of halogens is 1. The number of nitrogens with one attached hydrogen (secondary N) is 1. The van der Waals surface area contributed by atoms with E-state index >= 15 is 0 Å². The molecule has 1 aliphatic rings. The molecule has 0 radical (unpaired) electrons.